The average Bonchev–Trinajstić information content (AvgIpc) is 2.48. The Kier molecular flexibility index (Phi) is 4.48. The van der Waals surface area contributed by atoms with Gasteiger partial charge in [0.1, 0.15) is 0 Å². The third-order valence-corrected chi connectivity index (χ3v) is 4.99. The topological polar surface area (TPSA) is 52.2 Å². The van der Waals surface area contributed by atoms with Crippen molar-refractivity contribution in [1.82, 2.24) is 10.4 Å². The Bertz CT molecular complexity index is 496. The Labute approximate surface area is 130 Å². The maximum atomic E-state index is 12.4. The molecule has 3 rings (SSSR count). The summed E-state index contributed by atoms with van der Waals surface area (Å²) in [5.74, 6) is -0.252. The first-order chi connectivity index (χ1) is 10.1. The summed E-state index contributed by atoms with van der Waals surface area (Å²) in [6.45, 7) is 0.509. The molecule has 1 radical (unpaired) electrons. The van der Waals surface area contributed by atoms with Gasteiger partial charge in [-0.25, -0.2) is 0 Å². The lowest BCUT2D eigenvalue weighted by Crippen LogP contribution is -2.57. The normalized spacial score (nSPS) is 32.7. The number of fused-ring (bicyclic) bond motifs is 2. The highest BCUT2D eigenvalue weighted by molar-refractivity contribution is 6.20. The van der Waals surface area contributed by atoms with E-state index in [-0.39, 0.29) is 29.3 Å². The second-order valence-electron chi connectivity index (χ2n) is 6.04. The van der Waals surface area contributed by atoms with E-state index in [0.717, 1.165) is 29.9 Å². The van der Waals surface area contributed by atoms with Gasteiger partial charge < -0.3 is 5.32 Å². The fourth-order valence-electron chi connectivity index (χ4n) is 3.51. The molecule has 2 aliphatic rings. The first-order valence-corrected chi connectivity index (χ1v) is 8.00. The van der Waals surface area contributed by atoms with Crippen molar-refractivity contribution < 1.29 is 10.0 Å². The van der Waals surface area contributed by atoms with Crippen LogP contribution in [0.4, 0.5) is 0 Å². The lowest BCUT2D eigenvalue weighted by atomic mass is 9.78. The summed E-state index contributed by atoms with van der Waals surface area (Å²) in [6.07, 6.45) is 2.93. The number of carbonyl (C=O) groups is 1. The number of nitrogens with one attached hydrogen (secondary N) is 1. The molecule has 1 aromatic rings. The molecule has 0 aliphatic carbocycles. The minimum Gasteiger partial charge on any atom is -0.352 e. The van der Waals surface area contributed by atoms with Gasteiger partial charge in [0.2, 0.25) is 5.91 Å². The number of halogens is 1. The summed E-state index contributed by atoms with van der Waals surface area (Å²) in [7, 11) is 0. The van der Waals surface area contributed by atoms with E-state index >= 15 is 0 Å². The number of hydrogen-bond donors (Lipinski definition) is 1. The molecular formula is C16H20ClN2O2. The summed E-state index contributed by atoms with van der Waals surface area (Å²) in [5, 5.41) is 16.3. The Hall–Kier alpha value is -1.10. The minimum absolute atomic E-state index is 0.00410. The molecule has 21 heavy (non-hydrogen) atoms. The number of rotatable bonds is 3. The molecule has 113 valence electrons. The van der Waals surface area contributed by atoms with Crippen molar-refractivity contribution in [1.29, 1.82) is 0 Å². The van der Waals surface area contributed by atoms with Crippen LogP contribution in [0.1, 0.15) is 31.2 Å². The third kappa shape index (κ3) is 3.23. The molecule has 1 aromatic carbocycles. The molecule has 4 atom stereocenters. The van der Waals surface area contributed by atoms with Crippen molar-refractivity contribution in [2.24, 2.45) is 5.92 Å². The van der Waals surface area contributed by atoms with E-state index in [1.54, 1.807) is 0 Å². The number of alkyl halides is 1. The van der Waals surface area contributed by atoms with Crippen molar-refractivity contribution in [3.8, 4) is 0 Å². The molecule has 0 saturated carbocycles. The van der Waals surface area contributed by atoms with Gasteiger partial charge >= 0.3 is 0 Å². The third-order valence-electron chi connectivity index (χ3n) is 4.63. The van der Waals surface area contributed by atoms with Crippen molar-refractivity contribution >= 4 is 17.5 Å². The number of nitrogens with zero attached hydrogens (tertiary/aromatic N) is 1. The predicted molar refractivity (Wildman–Crippen MR) is 80.0 cm³/mol. The zero-order chi connectivity index (χ0) is 14.8. The number of carbonyl (C=O) groups excluding carboxylic acids is 1. The van der Waals surface area contributed by atoms with Gasteiger partial charge in [-0.3, -0.25) is 4.79 Å². The zero-order valence-electron chi connectivity index (χ0n) is 11.9. The number of piperidine rings is 2. The minimum atomic E-state index is -0.254. The van der Waals surface area contributed by atoms with E-state index in [4.69, 9.17) is 11.6 Å². The first kappa shape index (κ1) is 14.8. The van der Waals surface area contributed by atoms with Crippen LogP contribution in [0.25, 0.3) is 0 Å². The van der Waals surface area contributed by atoms with E-state index in [1.807, 2.05) is 30.3 Å². The van der Waals surface area contributed by atoms with Crippen LogP contribution in [0.3, 0.4) is 0 Å². The highest BCUT2D eigenvalue weighted by Gasteiger charge is 2.45. The molecule has 2 saturated heterocycles. The van der Waals surface area contributed by atoms with Crippen LogP contribution in [0.5, 0.6) is 0 Å². The quantitative estimate of drug-likeness (QED) is 0.872. The Morgan fingerprint density at radius 2 is 2.00 bits per heavy atom. The van der Waals surface area contributed by atoms with Gasteiger partial charge in [-0.2, -0.15) is 0 Å². The van der Waals surface area contributed by atoms with Gasteiger partial charge in [0, 0.05) is 18.0 Å². The Balaban J connectivity index is 1.61. The summed E-state index contributed by atoms with van der Waals surface area (Å²) in [5.41, 5.74) is 1.07. The average molecular weight is 308 g/mol. The van der Waals surface area contributed by atoms with E-state index in [0.29, 0.717) is 13.0 Å². The van der Waals surface area contributed by atoms with Gasteiger partial charge in [0.05, 0.1) is 12.0 Å². The van der Waals surface area contributed by atoms with Gasteiger partial charge in [-0.05, 0) is 31.2 Å². The summed E-state index contributed by atoms with van der Waals surface area (Å²) in [4.78, 5) is 12.4. The second-order valence-corrected chi connectivity index (χ2v) is 6.65. The smallest absolute Gasteiger partial charge is 0.225 e. The van der Waals surface area contributed by atoms with Crippen molar-refractivity contribution in [2.75, 3.05) is 0 Å². The lowest BCUT2D eigenvalue weighted by molar-refractivity contribution is -0.253. The summed E-state index contributed by atoms with van der Waals surface area (Å²) in [6, 6.07) is 9.56. The van der Waals surface area contributed by atoms with Crippen molar-refractivity contribution in [2.45, 2.75) is 49.7 Å². The number of amides is 1. The molecular weight excluding hydrogens is 288 g/mol. The standard InChI is InChI=1S/C16H20ClN2O2/c17-12-8-13-6-7-14(15(9-12)19(13)21)16(20)18-10-11-4-2-1-3-5-11/h1-5,12-15H,6-10H2,(H,18,20)/t12-,13-,14-,15-/m0/s1. The van der Waals surface area contributed by atoms with Gasteiger partial charge in [-0.1, -0.05) is 30.3 Å². The second kappa shape index (κ2) is 6.34. The highest BCUT2D eigenvalue weighted by Crippen LogP contribution is 2.38. The number of benzene rings is 1. The number of hydrogen-bond acceptors (Lipinski definition) is 2. The van der Waals surface area contributed by atoms with Crippen molar-refractivity contribution in [3.05, 3.63) is 35.9 Å². The monoisotopic (exact) mass is 307 g/mol. The van der Waals surface area contributed by atoms with Crippen LogP contribution in [0.2, 0.25) is 0 Å². The Morgan fingerprint density at radius 1 is 1.24 bits per heavy atom. The summed E-state index contributed by atoms with van der Waals surface area (Å²) >= 11 is 6.23. The van der Waals surface area contributed by atoms with Crippen LogP contribution in [-0.2, 0) is 16.5 Å². The van der Waals surface area contributed by atoms with Crippen LogP contribution >= 0.6 is 11.6 Å². The molecule has 2 aliphatic heterocycles. The molecule has 1 N–H and O–H groups in total. The fourth-order valence-corrected chi connectivity index (χ4v) is 3.89. The van der Waals surface area contributed by atoms with E-state index in [1.165, 1.54) is 0 Å². The molecule has 0 aromatic heterocycles. The highest BCUT2D eigenvalue weighted by atomic mass is 35.5. The lowest BCUT2D eigenvalue weighted by Gasteiger charge is -2.45. The predicted octanol–water partition coefficient (Wildman–Crippen LogP) is 2.50. The van der Waals surface area contributed by atoms with Crippen molar-refractivity contribution in [3.63, 3.8) is 0 Å². The first-order valence-electron chi connectivity index (χ1n) is 7.56. The van der Waals surface area contributed by atoms with Crippen LogP contribution < -0.4 is 5.32 Å². The molecule has 5 heteroatoms. The van der Waals surface area contributed by atoms with E-state index < -0.39 is 0 Å². The zero-order valence-corrected chi connectivity index (χ0v) is 12.6. The maximum absolute atomic E-state index is 12.4. The molecule has 1 amide bonds. The van der Waals surface area contributed by atoms with Gasteiger partial charge in [0.25, 0.3) is 0 Å². The van der Waals surface area contributed by atoms with Gasteiger partial charge in [-0.15, -0.1) is 21.9 Å². The van der Waals surface area contributed by atoms with E-state index in [9.17, 15) is 10.0 Å². The van der Waals surface area contributed by atoms with Crippen LogP contribution in [0, 0.1) is 5.92 Å². The van der Waals surface area contributed by atoms with Crippen LogP contribution in [0.15, 0.2) is 30.3 Å². The molecule has 0 spiro atoms. The Morgan fingerprint density at radius 3 is 2.76 bits per heavy atom. The molecule has 4 nitrogen and oxygen atoms in total. The maximum Gasteiger partial charge on any atom is 0.225 e. The molecule has 2 heterocycles. The van der Waals surface area contributed by atoms with E-state index in [2.05, 4.69) is 5.32 Å². The SMILES string of the molecule is [O]N1[C@H]2CC[C@H](C(=O)NCc3ccccc3)[C@@H]1C[C@@H](Cl)C2. The summed E-state index contributed by atoms with van der Waals surface area (Å²) < 4.78 is 0. The van der Waals surface area contributed by atoms with Crippen LogP contribution in [-0.4, -0.2) is 28.4 Å². The molecule has 2 bridgehead atoms. The molecule has 0 unspecified atom stereocenters. The fraction of sp³-hybridized carbons (Fsp3) is 0.562. The largest absolute Gasteiger partial charge is 0.352 e. The van der Waals surface area contributed by atoms with Gasteiger partial charge in [0.15, 0.2) is 0 Å². The molecule has 2 fully saturated rings. The number of hydroxylamine groups is 2.